The van der Waals surface area contributed by atoms with Crippen LogP contribution in [-0.2, 0) is 0 Å². The minimum Gasteiger partial charge on any atom is -0.391 e. The van der Waals surface area contributed by atoms with Crippen LogP contribution in [0, 0.1) is 5.92 Å². The molecule has 0 aromatic rings. The lowest BCUT2D eigenvalue weighted by atomic mass is 10.1. The molecule has 0 aromatic carbocycles. The van der Waals surface area contributed by atoms with Gasteiger partial charge in [0.1, 0.15) is 0 Å². The lowest BCUT2D eigenvalue weighted by Gasteiger charge is -2.26. The second-order valence-electron chi connectivity index (χ2n) is 4.66. The van der Waals surface area contributed by atoms with Gasteiger partial charge in [-0.3, -0.25) is 4.90 Å². The molecule has 4 unspecified atom stereocenters. The van der Waals surface area contributed by atoms with Crippen molar-refractivity contribution in [3.8, 4) is 0 Å². The molecule has 13 heavy (non-hydrogen) atoms. The van der Waals surface area contributed by atoms with Crippen molar-refractivity contribution in [2.45, 2.75) is 44.4 Å². The molecule has 1 aliphatic heterocycles. The number of rotatable bonds is 1. The van der Waals surface area contributed by atoms with E-state index in [0.717, 1.165) is 25.9 Å². The number of nitrogens with two attached hydrogens (primary N) is 1. The highest BCUT2D eigenvalue weighted by Crippen LogP contribution is 2.28. The minimum absolute atomic E-state index is 0.0995. The van der Waals surface area contributed by atoms with Crippen molar-refractivity contribution in [2.75, 3.05) is 13.1 Å². The molecule has 0 aromatic heterocycles. The van der Waals surface area contributed by atoms with Crippen molar-refractivity contribution < 1.29 is 5.11 Å². The van der Waals surface area contributed by atoms with Crippen LogP contribution in [0.2, 0.25) is 0 Å². The molecule has 1 heterocycles. The summed E-state index contributed by atoms with van der Waals surface area (Å²) in [7, 11) is 0. The van der Waals surface area contributed by atoms with Crippen molar-refractivity contribution in [2.24, 2.45) is 11.7 Å². The second-order valence-corrected chi connectivity index (χ2v) is 4.66. The predicted molar refractivity (Wildman–Crippen MR) is 52.4 cm³/mol. The zero-order valence-electron chi connectivity index (χ0n) is 8.32. The first-order chi connectivity index (χ1) is 6.18. The first kappa shape index (κ1) is 9.44. The van der Waals surface area contributed by atoms with Gasteiger partial charge in [0.05, 0.1) is 6.10 Å². The van der Waals surface area contributed by atoms with Crippen LogP contribution in [0.15, 0.2) is 0 Å². The summed E-state index contributed by atoms with van der Waals surface area (Å²) in [5, 5.41) is 9.74. The Hall–Kier alpha value is -0.120. The fourth-order valence-electron chi connectivity index (χ4n) is 2.65. The standard InChI is InChI=1S/C10H20N2O/c1-7-5-12(6-8(7)11)9-3-2-4-10(9)13/h7-10,13H,2-6,11H2,1H3. The van der Waals surface area contributed by atoms with Gasteiger partial charge >= 0.3 is 0 Å². The number of aliphatic hydroxyl groups is 1. The molecule has 0 radical (unpaired) electrons. The van der Waals surface area contributed by atoms with Crippen LogP contribution < -0.4 is 5.73 Å². The largest absolute Gasteiger partial charge is 0.391 e. The molecule has 0 spiro atoms. The summed E-state index contributed by atoms with van der Waals surface area (Å²) in [6.45, 7) is 4.25. The molecule has 0 amide bonds. The van der Waals surface area contributed by atoms with Crippen LogP contribution in [0.1, 0.15) is 26.2 Å². The number of nitrogens with zero attached hydrogens (tertiary/aromatic N) is 1. The van der Waals surface area contributed by atoms with Crippen molar-refractivity contribution in [1.82, 2.24) is 4.90 Å². The Morgan fingerprint density at radius 3 is 2.54 bits per heavy atom. The van der Waals surface area contributed by atoms with E-state index >= 15 is 0 Å². The summed E-state index contributed by atoms with van der Waals surface area (Å²) in [6.07, 6.45) is 3.20. The lowest BCUT2D eigenvalue weighted by Crippen LogP contribution is -2.40. The second kappa shape index (κ2) is 3.56. The molecule has 76 valence electrons. The lowest BCUT2D eigenvalue weighted by molar-refractivity contribution is 0.0831. The molecule has 4 atom stereocenters. The van der Waals surface area contributed by atoms with Gasteiger partial charge in [0, 0.05) is 25.2 Å². The normalized spacial score (nSPS) is 47.3. The summed E-state index contributed by atoms with van der Waals surface area (Å²) >= 11 is 0. The molecule has 2 fully saturated rings. The van der Waals surface area contributed by atoms with E-state index in [2.05, 4.69) is 11.8 Å². The van der Waals surface area contributed by atoms with E-state index in [1.54, 1.807) is 0 Å². The molecule has 1 saturated carbocycles. The maximum atomic E-state index is 9.74. The van der Waals surface area contributed by atoms with Crippen LogP contribution >= 0.6 is 0 Å². The Kier molecular flexibility index (Phi) is 2.58. The van der Waals surface area contributed by atoms with Gasteiger partial charge in [0.15, 0.2) is 0 Å². The van der Waals surface area contributed by atoms with Gasteiger partial charge in [-0.1, -0.05) is 6.92 Å². The summed E-state index contributed by atoms with van der Waals surface area (Å²) in [5.41, 5.74) is 5.96. The zero-order chi connectivity index (χ0) is 9.42. The van der Waals surface area contributed by atoms with Crippen LogP contribution in [0.5, 0.6) is 0 Å². The van der Waals surface area contributed by atoms with Gasteiger partial charge in [0.2, 0.25) is 0 Å². The fraction of sp³-hybridized carbons (Fsp3) is 1.00. The number of hydrogen-bond donors (Lipinski definition) is 2. The third kappa shape index (κ3) is 1.73. The van der Waals surface area contributed by atoms with Crippen molar-refractivity contribution in [1.29, 1.82) is 0 Å². The summed E-state index contributed by atoms with van der Waals surface area (Å²) in [6, 6.07) is 0.712. The van der Waals surface area contributed by atoms with E-state index in [9.17, 15) is 5.11 Å². The molecular formula is C10H20N2O. The fourth-order valence-corrected chi connectivity index (χ4v) is 2.65. The Bertz CT molecular complexity index is 176. The van der Waals surface area contributed by atoms with Crippen LogP contribution in [0.4, 0.5) is 0 Å². The quantitative estimate of drug-likeness (QED) is 0.611. The topological polar surface area (TPSA) is 49.5 Å². The SMILES string of the molecule is CC1CN(C2CCCC2O)CC1N. The Morgan fingerprint density at radius 1 is 1.31 bits per heavy atom. The predicted octanol–water partition coefficient (Wildman–Crippen LogP) is 0.179. The zero-order valence-corrected chi connectivity index (χ0v) is 8.32. The van der Waals surface area contributed by atoms with E-state index in [4.69, 9.17) is 5.73 Å². The average Bonchev–Trinajstić information content (AvgIpc) is 2.60. The maximum Gasteiger partial charge on any atom is 0.0695 e. The monoisotopic (exact) mass is 184 g/mol. The van der Waals surface area contributed by atoms with Crippen molar-refractivity contribution in [3.05, 3.63) is 0 Å². The van der Waals surface area contributed by atoms with E-state index in [-0.39, 0.29) is 6.10 Å². The van der Waals surface area contributed by atoms with Gasteiger partial charge in [-0.15, -0.1) is 0 Å². The Labute approximate surface area is 79.9 Å². The number of aliphatic hydroxyl groups excluding tert-OH is 1. The van der Waals surface area contributed by atoms with Crippen LogP contribution in [0.3, 0.4) is 0 Å². The highest BCUT2D eigenvalue weighted by atomic mass is 16.3. The smallest absolute Gasteiger partial charge is 0.0695 e. The molecule has 0 bridgehead atoms. The first-order valence-electron chi connectivity index (χ1n) is 5.36. The van der Waals surface area contributed by atoms with E-state index in [1.165, 1.54) is 6.42 Å². The van der Waals surface area contributed by atoms with Gasteiger partial charge in [-0.05, 0) is 25.2 Å². The average molecular weight is 184 g/mol. The Morgan fingerprint density at radius 2 is 2.08 bits per heavy atom. The highest BCUT2D eigenvalue weighted by Gasteiger charge is 2.36. The van der Waals surface area contributed by atoms with E-state index < -0.39 is 0 Å². The third-order valence-electron chi connectivity index (χ3n) is 3.61. The van der Waals surface area contributed by atoms with Crippen molar-refractivity contribution in [3.63, 3.8) is 0 Å². The summed E-state index contributed by atoms with van der Waals surface area (Å²) in [5.74, 6) is 0.591. The molecule has 3 nitrogen and oxygen atoms in total. The van der Waals surface area contributed by atoms with Gasteiger partial charge in [0.25, 0.3) is 0 Å². The number of likely N-dealkylation sites (tertiary alicyclic amines) is 1. The van der Waals surface area contributed by atoms with Crippen LogP contribution in [-0.4, -0.2) is 41.3 Å². The van der Waals surface area contributed by atoms with Crippen LogP contribution in [0.25, 0.3) is 0 Å². The summed E-state index contributed by atoms with van der Waals surface area (Å²) in [4.78, 5) is 2.38. The molecule has 2 rings (SSSR count). The molecule has 1 saturated heterocycles. The minimum atomic E-state index is -0.0995. The van der Waals surface area contributed by atoms with Crippen molar-refractivity contribution >= 4 is 0 Å². The Balaban J connectivity index is 1.95. The van der Waals surface area contributed by atoms with Gasteiger partial charge in [-0.2, -0.15) is 0 Å². The molecule has 3 N–H and O–H groups in total. The van der Waals surface area contributed by atoms with Gasteiger partial charge < -0.3 is 10.8 Å². The third-order valence-corrected chi connectivity index (χ3v) is 3.61. The molecule has 2 aliphatic rings. The molecule has 3 heteroatoms. The number of hydrogen-bond acceptors (Lipinski definition) is 3. The summed E-state index contributed by atoms with van der Waals surface area (Å²) < 4.78 is 0. The highest BCUT2D eigenvalue weighted by molar-refractivity contribution is 4.93. The van der Waals surface area contributed by atoms with E-state index in [0.29, 0.717) is 18.0 Å². The molecular weight excluding hydrogens is 164 g/mol. The van der Waals surface area contributed by atoms with Gasteiger partial charge in [-0.25, -0.2) is 0 Å². The maximum absolute atomic E-state index is 9.74. The molecule has 1 aliphatic carbocycles. The first-order valence-corrected chi connectivity index (χ1v) is 5.36. The van der Waals surface area contributed by atoms with E-state index in [1.807, 2.05) is 0 Å².